The number of nitrogens with one attached hydrogen (secondary N) is 1. The van der Waals surface area contributed by atoms with Gasteiger partial charge in [0.05, 0.1) is 38.9 Å². The molecule has 2 unspecified atom stereocenters. The Labute approximate surface area is 155 Å². The molecule has 0 aromatic heterocycles. The summed E-state index contributed by atoms with van der Waals surface area (Å²) < 4.78 is 16.4. The molecule has 3 rings (SSSR count). The summed E-state index contributed by atoms with van der Waals surface area (Å²) >= 11 is 0. The Balaban J connectivity index is 1.59. The molecule has 2 aliphatic rings. The number of morpholine rings is 1. The number of carbonyl (C=O) groups excluding carboxylic acids is 1. The number of hydrogen-bond donors (Lipinski definition) is 1. The van der Waals surface area contributed by atoms with Gasteiger partial charge < -0.3 is 19.5 Å². The fourth-order valence-corrected chi connectivity index (χ4v) is 3.63. The van der Waals surface area contributed by atoms with Crippen LogP contribution < -0.4 is 10.1 Å². The first-order valence-electron chi connectivity index (χ1n) is 9.60. The predicted molar refractivity (Wildman–Crippen MR) is 99.3 cm³/mol. The number of nitrogens with zero attached hydrogens (tertiary/aromatic N) is 1. The van der Waals surface area contributed by atoms with Crippen LogP contribution in [0, 0.1) is 0 Å². The molecule has 0 spiro atoms. The second kappa shape index (κ2) is 9.90. The zero-order valence-electron chi connectivity index (χ0n) is 15.6. The quantitative estimate of drug-likeness (QED) is 0.805. The van der Waals surface area contributed by atoms with E-state index < -0.39 is 0 Å². The smallest absolute Gasteiger partial charge is 0.222 e. The van der Waals surface area contributed by atoms with E-state index in [0.29, 0.717) is 13.0 Å². The molecule has 6 nitrogen and oxygen atoms in total. The molecule has 0 aliphatic carbocycles. The fourth-order valence-electron chi connectivity index (χ4n) is 3.63. The minimum atomic E-state index is 0.0728. The Kier molecular flexibility index (Phi) is 7.29. The summed E-state index contributed by atoms with van der Waals surface area (Å²) in [6.07, 6.45) is 3.78. The van der Waals surface area contributed by atoms with Crippen LogP contribution in [0.3, 0.4) is 0 Å². The molecule has 6 heteroatoms. The van der Waals surface area contributed by atoms with Crippen molar-refractivity contribution in [3.63, 3.8) is 0 Å². The fraction of sp³-hybridized carbons (Fsp3) is 0.650. The minimum Gasteiger partial charge on any atom is -0.497 e. The molecule has 2 aliphatic heterocycles. The maximum atomic E-state index is 12.4. The van der Waals surface area contributed by atoms with Gasteiger partial charge in [-0.2, -0.15) is 0 Å². The molecular formula is C20H30N2O4. The number of amides is 1. The van der Waals surface area contributed by atoms with Gasteiger partial charge in [0.1, 0.15) is 5.75 Å². The van der Waals surface area contributed by atoms with Crippen LogP contribution in [0.1, 0.15) is 37.3 Å². The van der Waals surface area contributed by atoms with Crippen molar-refractivity contribution < 1.29 is 19.0 Å². The number of methoxy groups -OCH3 is 1. The second-order valence-corrected chi connectivity index (χ2v) is 6.93. The summed E-state index contributed by atoms with van der Waals surface area (Å²) in [5.41, 5.74) is 1.18. The minimum absolute atomic E-state index is 0.0728. The van der Waals surface area contributed by atoms with Crippen LogP contribution in [0.2, 0.25) is 0 Å². The largest absolute Gasteiger partial charge is 0.497 e. The Morgan fingerprint density at radius 1 is 1.23 bits per heavy atom. The van der Waals surface area contributed by atoms with E-state index in [0.717, 1.165) is 57.9 Å². The molecule has 26 heavy (non-hydrogen) atoms. The van der Waals surface area contributed by atoms with Gasteiger partial charge in [-0.1, -0.05) is 12.1 Å². The lowest BCUT2D eigenvalue weighted by molar-refractivity contribution is -0.125. The molecule has 0 radical (unpaired) electrons. The SMILES string of the molecule is COc1ccc(C(CNC(=O)CC2CCCCO2)N2CCOCC2)cc1. The van der Waals surface area contributed by atoms with Crippen LogP contribution in [0.15, 0.2) is 24.3 Å². The number of benzene rings is 1. The van der Waals surface area contributed by atoms with E-state index in [1.165, 1.54) is 5.56 Å². The van der Waals surface area contributed by atoms with Gasteiger partial charge in [-0.3, -0.25) is 9.69 Å². The maximum absolute atomic E-state index is 12.4. The summed E-state index contributed by atoms with van der Waals surface area (Å²) in [7, 11) is 1.67. The molecule has 1 amide bonds. The highest BCUT2D eigenvalue weighted by Crippen LogP contribution is 2.24. The summed E-state index contributed by atoms with van der Waals surface area (Å²) in [6, 6.07) is 8.24. The lowest BCUT2D eigenvalue weighted by Crippen LogP contribution is -2.44. The molecule has 144 valence electrons. The van der Waals surface area contributed by atoms with E-state index in [9.17, 15) is 4.79 Å². The molecule has 2 saturated heterocycles. The van der Waals surface area contributed by atoms with Crippen molar-refractivity contribution in [3.05, 3.63) is 29.8 Å². The lowest BCUT2D eigenvalue weighted by Gasteiger charge is -2.35. The first-order chi connectivity index (χ1) is 12.8. The van der Waals surface area contributed by atoms with E-state index in [2.05, 4.69) is 22.3 Å². The Bertz CT molecular complexity index is 551. The van der Waals surface area contributed by atoms with Crippen molar-refractivity contribution in [2.45, 2.75) is 37.8 Å². The summed E-state index contributed by atoms with van der Waals surface area (Å²) in [5, 5.41) is 3.12. The van der Waals surface area contributed by atoms with Crippen LogP contribution in [0.5, 0.6) is 5.75 Å². The van der Waals surface area contributed by atoms with Gasteiger partial charge in [-0.25, -0.2) is 0 Å². The average molecular weight is 362 g/mol. The third-order valence-electron chi connectivity index (χ3n) is 5.17. The van der Waals surface area contributed by atoms with Crippen LogP contribution in [0.4, 0.5) is 0 Å². The summed E-state index contributed by atoms with van der Waals surface area (Å²) in [4.78, 5) is 14.8. The molecule has 2 heterocycles. The topological polar surface area (TPSA) is 60.0 Å². The van der Waals surface area contributed by atoms with Crippen molar-refractivity contribution in [1.82, 2.24) is 10.2 Å². The predicted octanol–water partition coefficient (Wildman–Crippen LogP) is 2.14. The number of carbonyl (C=O) groups is 1. The van der Waals surface area contributed by atoms with Crippen LogP contribution in [-0.2, 0) is 14.3 Å². The maximum Gasteiger partial charge on any atom is 0.222 e. The van der Waals surface area contributed by atoms with E-state index >= 15 is 0 Å². The first-order valence-corrected chi connectivity index (χ1v) is 9.60. The zero-order chi connectivity index (χ0) is 18.2. The molecule has 0 bridgehead atoms. The molecule has 1 aromatic carbocycles. The van der Waals surface area contributed by atoms with Gasteiger partial charge in [-0.15, -0.1) is 0 Å². The van der Waals surface area contributed by atoms with Crippen molar-refractivity contribution >= 4 is 5.91 Å². The van der Waals surface area contributed by atoms with Crippen molar-refractivity contribution in [3.8, 4) is 5.75 Å². The van der Waals surface area contributed by atoms with Crippen LogP contribution in [0.25, 0.3) is 0 Å². The second-order valence-electron chi connectivity index (χ2n) is 6.93. The first kappa shape index (κ1) is 19.1. The number of rotatable bonds is 7. The Morgan fingerprint density at radius 2 is 2.00 bits per heavy atom. The number of ether oxygens (including phenoxy) is 3. The highest BCUT2D eigenvalue weighted by Gasteiger charge is 2.24. The summed E-state index contributed by atoms with van der Waals surface area (Å²) in [6.45, 7) is 4.59. The molecular weight excluding hydrogens is 332 g/mol. The van der Waals surface area contributed by atoms with Gasteiger partial charge >= 0.3 is 0 Å². The van der Waals surface area contributed by atoms with E-state index in [1.54, 1.807) is 7.11 Å². The monoisotopic (exact) mass is 362 g/mol. The molecule has 0 saturated carbocycles. The molecule has 1 aromatic rings. The molecule has 2 atom stereocenters. The number of hydrogen-bond acceptors (Lipinski definition) is 5. The average Bonchev–Trinajstić information content (AvgIpc) is 2.70. The lowest BCUT2D eigenvalue weighted by atomic mass is 10.0. The Hall–Kier alpha value is -1.63. The zero-order valence-corrected chi connectivity index (χ0v) is 15.6. The highest BCUT2D eigenvalue weighted by molar-refractivity contribution is 5.76. The van der Waals surface area contributed by atoms with Crippen LogP contribution in [-0.4, -0.2) is 63.5 Å². The van der Waals surface area contributed by atoms with Crippen molar-refractivity contribution in [2.75, 3.05) is 46.6 Å². The third-order valence-corrected chi connectivity index (χ3v) is 5.17. The third kappa shape index (κ3) is 5.43. The Morgan fingerprint density at radius 3 is 2.65 bits per heavy atom. The van der Waals surface area contributed by atoms with Crippen molar-refractivity contribution in [1.29, 1.82) is 0 Å². The van der Waals surface area contributed by atoms with E-state index in [4.69, 9.17) is 14.2 Å². The van der Waals surface area contributed by atoms with Gasteiger partial charge in [0, 0.05) is 26.2 Å². The van der Waals surface area contributed by atoms with Gasteiger partial charge in [0.25, 0.3) is 0 Å². The van der Waals surface area contributed by atoms with Crippen molar-refractivity contribution in [2.24, 2.45) is 0 Å². The summed E-state index contributed by atoms with van der Waals surface area (Å²) in [5.74, 6) is 0.914. The van der Waals surface area contributed by atoms with Gasteiger partial charge in [0.15, 0.2) is 0 Å². The molecule has 1 N–H and O–H groups in total. The highest BCUT2D eigenvalue weighted by atomic mass is 16.5. The molecule has 2 fully saturated rings. The van der Waals surface area contributed by atoms with E-state index in [-0.39, 0.29) is 18.1 Å². The van der Waals surface area contributed by atoms with Crippen LogP contribution >= 0.6 is 0 Å². The van der Waals surface area contributed by atoms with E-state index in [1.807, 2.05) is 12.1 Å². The van der Waals surface area contributed by atoms with Gasteiger partial charge in [0.2, 0.25) is 5.91 Å². The van der Waals surface area contributed by atoms with Gasteiger partial charge in [-0.05, 0) is 37.0 Å². The normalized spacial score (nSPS) is 22.6. The standard InChI is InChI=1S/C20H30N2O4/c1-24-17-7-5-16(6-8-17)19(22-9-12-25-13-10-22)15-21-20(23)14-18-4-2-3-11-26-18/h5-8,18-19H,2-4,9-15H2,1H3,(H,21,23).